The zero-order valence-electron chi connectivity index (χ0n) is 12.9. The number of fused-ring (bicyclic) bond motifs is 2. The third-order valence-electron chi connectivity index (χ3n) is 4.90. The number of anilines is 1. The first-order valence-corrected chi connectivity index (χ1v) is 8.12. The summed E-state index contributed by atoms with van der Waals surface area (Å²) in [4.78, 5) is 32.3. The minimum Gasteiger partial charge on any atom is -0.480 e. The van der Waals surface area contributed by atoms with E-state index < -0.39 is 0 Å². The number of carbonyl (C=O) groups excluding carboxylic acids is 2. The number of nitrogens with one attached hydrogen (secondary N) is 1. The second-order valence-corrected chi connectivity index (χ2v) is 6.36. The number of aromatic nitrogens is 1. The van der Waals surface area contributed by atoms with Crippen LogP contribution in [0.3, 0.4) is 0 Å². The van der Waals surface area contributed by atoms with E-state index in [0.717, 1.165) is 19.6 Å². The molecule has 7 nitrogen and oxygen atoms in total. The van der Waals surface area contributed by atoms with Crippen LogP contribution in [0, 0.1) is 5.92 Å². The molecule has 0 aliphatic carbocycles. The van der Waals surface area contributed by atoms with Crippen molar-refractivity contribution in [3.63, 3.8) is 0 Å². The Kier molecular flexibility index (Phi) is 3.65. The van der Waals surface area contributed by atoms with Crippen LogP contribution in [0.2, 0.25) is 0 Å². The van der Waals surface area contributed by atoms with Gasteiger partial charge in [-0.15, -0.1) is 0 Å². The number of hydrogen-bond acceptors (Lipinski definition) is 5. The van der Waals surface area contributed by atoms with E-state index in [1.807, 2.05) is 4.90 Å². The third-order valence-corrected chi connectivity index (χ3v) is 4.90. The van der Waals surface area contributed by atoms with Crippen LogP contribution >= 0.6 is 0 Å². The van der Waals surface area contributed by atoms with E-state index in [4.69, 9.17) is 4.74 Å². The second kappa shape index (κ2) is 5.81. The first kappa shape index (κ1) is 14.4. The molecule has 1 N–H and O–H groups in total. The highest BCUT2D eigenvalue weighted by Crippen LogP contribution is 2.30. The van der Waals surface area contributed by atoms with Crippen LogP contribution in [0.5, 0.6) is 5.75 Å². The number of amides is 2. The molecule has 1 aromatic heterocycles. The lowest BCUT2D eigenvalue weighted by atomic mass is 9.94. The van der Waals surface area contributed by atoms with E-state index in [-0.39, 0.29) is 25.0 Å². The van der Waals surface area contributed by atoms with Gasteiger partial charge in [-0.1, -0.05) is 0 Å². The molecule has 2 amide bonds. The van der Waals surface area contributed by atoms with Crippen molar-refractivity contribution in [2.24, 2.45) is 5.92 Å². The zero-order chi connectivity index (χ0) is 15.8. The lowest BCUT2D eigenvalue weighted by Gasteiger charge is -2.29. The van der Waals surface area contributed by atoms with Crippen molar-refractivity contribution in [2.75, 3.05) is 37.7 Å². The van der Waals surface area contributed by atoms with Crippen LogP contribution in [0.15, 0.2) is 18.3 Å². The fraction of sp³-hybridized carbons (Fsp3) is 0.562. The molecular weight excluding hydrogens is 296 g/mol. The number of rotatable bonds is 2. The number of nitrogens with zero attached hydrogens (tertiary/aromatic N) is 3. The first-order chi connectivity index (χ1) is 11.2. The van der Waals surface area contributed by atoms with Gasteiger partial charge in [0, 0.05) is 25.3 Å². The summed E-state index contributed by atoms with van der Waals surface area (Å²) in [5.41, 5.74) is 0. The molecule has 0 unspecified atom stereocenters. The average molecular weight is 316 g/mol. The molecule has 2 saturated heterocycles. The molecule has 0 aromatic carbocycles. The first-order valence-electron chi connectivity index (χ1n) is 8.12. The van der Waals surface area contributed by atoms with Gasteiger partial charge in [-0.25, -0.2) is 4.98 Å². The van der Waals surface area contributed by atoms with Gasteiger partial charge in [0.1, 0.15) is 6.54 Å². The SMILES string of the molecule is O=C(CN1C(=O)COc2cccnc21)N1C[C@H]2CCCN[C@H]2C1. The van der Waals surface area contributed by atoms with E-state index in [9.17, 15) is 9.59 Å². The molecular formula is C16H20N4O3. The maximum Gasteiger partial charge on any atom is 0.266 e. The van der Waals surface area contributed by atoms with Crippen molar-refractivity contribution in [2.45, 2.75) is 18.9 Å². The molecule has 1 aromatic rings. The molecule has 0 spiro atoms. The Hall–Kier alpha value is -2.15. The van der Waals surface area contributed by atoms with Gasteiger partial charge >= 0.3 is 0 Å². The summed E-state index contributed by atoms with van der Waals surface area (Å²) in [6.45, 7) is 2.54. The minimum absolute atomic E-state index is 0.0203. The van der Waals surface area contributed by atoms with Crippen molar-refractivity contribution in [3.8, 4) is 5.75 Å². The van der Waals surface area contributed by atoms with Gasteiger partial charge in [0.25, 0.3) is 5.91 Å². The van der Waals surface area contributed by atoms with Crippen molar-refractivity contribution in [3.05, 3.63) is 18.3 Å². The Morgan fingerprint density at radius 2 is 2.35 bits per heavy atom. The summed E-state index contributed by atoms with van der Waals surface area (Å²) in [6, 6.07) is 3.92. The number of pyridine rings is 1. The van der Waals surface area contributed by atoms with E-state index in [1.165, 1.54) is 17.7 Å². The predicted octanol–water partition coefficient (Wildman–Crippen LogP) is 0.0174. The van der Waals surface area contributed by atoms with Crippen molar-refractivity contribution in [1.82, 2.24) is 15.2 Å². The molecule has 0 bridgehead atoms. The number of piperidine rings is 1. The van der Waals surface area contributed by atoms with Crippen LogP contribution < -0.4 is 15.0 Å². The molecule has 0 saturated carbocycles. The summed E-state index contributed by atoms with van der Waals surface area (Å²) < 4.78 is 5.36. The zero-order valence-corrected chi connectivity index (χ0v) is 12.9. The summed E-state index contributed by atoms with van der Waals surface area (Å²) >= 11 is 0. The monoisotopic (exact) mass is 316 g/mol. The smallest absolute Gasteiger partial charge is 0.266 e. The maximum absolute atomic E-state index is 12.6. The van der Waals surface area contributed by atoms with Crippen molar-refractivity contribution < 1.29 is 14.3 Å². The molecule has 4 rings (SSSR count). The lowest BCUT2D eigenvalue weighted by Crippen LogP contribution is -2.47. The molecule has 4 heterocycles. The molecule has 3 aliphatic rings. The summed E-state index contributed by atoms with van der Waals surface area (Å²) in [7, 11) is 0. The standard InChI is InChI=1S/C16H20N4O3/c21-14(19-7-11-3-1-5-17-12(11)8-19)9-20-15(22)10-23-13-4-2-6-18-16(13)20/h2,4,6,11-12,17H,1,3,5,7-10H2/t11-,12+/m1/s1. The summed E-state index contributed by atoms with van der Waals surface area (Å²) in [5, 5.41) is 3.49. The Bertz CT molecular complexity index is 622. The van der Waals surface area contributed by atoms with Gasteiger partial charge in [-0.05, 0) is 37.4 Å². The van der Waals surface area contributed by atoms with Gasteiger partial charge < -0.3 is 15.0 Å². The molecule has 3 aliphatic heterocycles. The van der Waals surface area contributed by atoms with Crippen molar-refractivity contribution >= 4 is 17.6 Å². The third kappa shape index (κ3) is 2.65. The Balaban J connectivity index is 1.47. The van der Waals surface area contributed by atoms with Crippen molar-refractivity contribution in [1.29, 1.82) is 0 Å². The van der Waals surface area contributed by atoms with Gasteiger partial charge in [0.05, 0.1) is 0 Å². The number of carbonyl (C=O) groups is 2. The quantitative estimate of drug-likeness (QED) is 0.832. The van der Waals surface area contributed by atoms with E-state index in [2.05, 4.69) is 10.3 Å². The highest BCUT2D eigenvalue weighted by atomic mass is 16.5. The number of likely N-dealkylation sites (tertiary alicyclic amines) is 1. The van der Waals surface area contributed by atoms with E-state index in [0.29, 0.717) is 23.5 Å². The molecule has 2 atom stereocenters. The van der Waals surface area contributed by atoms with Gasteiger partial charge in [0.2, 0.25) is 5.91 Å². The molecule has 7 heteroatoms. The van der Waals surface area contributed by atoms with Gasteiger partial charge in [-0.2, -0.15) is 0 Å². The fourth-order valence-corrected chi connectivity index (χ4v) is 3.68. The van der Waals surface area contributed by atoms with Crippen LogP contribution in [0.25, 0.3) is 0 Å². The highest BCUT2D eigenvalue weighted by Gasteiger charge is 2.38. The summed E-state index contributed by atoms with van der Waals surface area (Å²) in [6.07, 6.45) is 3.94. The van der Waals surface area contributed by atoms with Gasteiger partial charge in [0.15, 0.2) is 18.2 Å². The maximum atomic E-state index is 12.6. The molecule has 2 fully saturated rings. The highest BCUT2D eigenvalue weighted by molar-refractivity contribution is 6.01. The molecule has 0 radical (unpaired) electrons. The fourth-order valence-electron chi connectivity index (χ4n) is 3.68. The summed E-state index contributed by atoms with van der Waals surface area (Å²) in [5.74, 6) is 1.29. The normalized spacial score (nSPS) is 26.5. The largest absolute Gasteiger partial charge is 0.480 e. The van der Waals surface area contributed by atoms with E-state index in [1.54, 1.807) is 18.3 Å². The topological polar surface area (TPSA) is 74.8 Å². The molecule has 23 heavy (non-hydrogen) atoms. The van der Waals surface area contributed by atoms with Crippen LogP contribution in [0.4, 0.5) is 5.82 Å². The van der Waals surface area contributed by atoms with Crippen LogP contribution in [-0.2, 0) is 9.59 Å². The number of ether oxygens (including phenoxy) is 1. The van der Waals surface area contributed by atoms with Gasteiger partial charge in [-0.3, -0.25) is 14.5 Å². The lowest BCUT2D eigenvalue weighted by molar-refractivity contribution is -0.131. The minimum atomic E-state index is -0.223. The predicted molar refractivity (Wildman–Crippen MR) is 83.2 cm³/mol. The average Bonchev–Trinajstić information content (AvgIpc) is 3.01. The second-order valence-electron chi connectivity index (χ2n) is 6.36. The Labute approximate surface area is 134 Å². The van der Waals surface area contributed by atoms with E-state index >= 15 is 0 Å². The molecule has 122 valence electrons. The van der Waals surface area contributed by atoms with Crippen LogP contribution in [0.1, 0.15) is 12.8 Å². The number of hydrogen-bond donors (Lipinski definition) is 1. The van der Waals surface area contributed by atoms with Crippen LogP contribution in [-0.4, -0.2) is 60.5 Å². The Morgan fingerprint density at radius 1 is 1.43 bits per heavy atom. The Morgan fingerprint density at radius 3 is 3.22 bits per heavy atom.